The highest BCUT2D eigenvalue weighted by Crippen LogP contribution is 2.15. The summed E-state index contributed by atoms with van der Waals surface area (Å²) in [5, 5.41) is 0. The molecule has 130 valence electrons. The van der Waals surface area contributed by atoms with Crippen LogP contribution in [0.15, 0.2) is 48.5 Å². The van der Waals surface area contributed by atoms with Crippen LogP contribution in [0.2, 0.25) is 0 Å². The van der Waals surface area contributed by atoms with Crippen molar-refractivity contribution < 1.29 is 23.1 Å². The zero-order valence-corrected chi connectivity index (χ0v) is 14.0. The fourth-order valence-corrected chi connectivity index (χ4v) is 2.13. The van der Waals surface area contributed by atoms with Gasteiger partial charge in [0.15, 0.2) is 6.61 Å². The molecule has 0 aromatic heterocycles. The van der Waals surface area contributed by atoms with E-state index in [0.717, 1.165) is 17.7 Å². The van der Waals surface area contributed by atoms with Gasteiger partial charge >= 0.3 is 5.97 Å². The number of esters is 1. The van der Waals surface area contributed by atoms with E-state index in [1.165, 1.54) is 11.6 Å². The van der Waals surface area contributed by atoms with Crippen LogP contribution in [0.5, 0.6) is 0 Å². The average molecular weight is 344 g/mol. The standard InChI is InChI=1S/C20H18F2O3/c1-13(2)15-6-3-14(4-7-15)5-10-20(24)25-12-19(23)17-9-8-16(21)11-18(17)22/h3-11,13H,12H2,1-2H3/b10-5+. The summed E-state index contributed by atoms with van der Waals surface area (Å²) < 4.78 is 31.1. The molecule has 2 aromatic carbocycles. The zero-order valence-electron chi connectivity index (χ0n) is 14.0. The van der Waals surface area contributed by atoms with Crippen LogP contribution in [0.3, 0.4) is 0 Å². The maximum Gasteiger partial charge on any atom is 0.331 e. The number of Topliss-reactive ketones (excluding diaryl/α,β-unsaturated/α-hetero) is 1. The van der Waals surface area contributed by atoms with Gasteiger partial charge in [0.2, 0.25) is 5.78 Å². The third-order valence-electron chi connectivity index (χ3n) is 3.59. The Kier molecular flexibility index (Phi) is 6.17. The molecule has 0 spiro atoms. The zero-order chi connectivity index (χ0) is 18.4. The normalized spacial score (nSPS) is 11.1. The van der Waals surface area contributed by atoms with Gasteiger partial charge in [-0.05, 0) is 35.3 Å². The first-order valence-corrected chi connectivity index (χ1v) is 7.80. The molecule has 0 aliphatic rings. The predicted molar refractivity (Wildman–Crippen MR) is 91.2 cm³/mol. The van der Waals surface area contributed by atoms with Gasteiger partial charge in [0, 0.05) is 12.1 Å². The molecule has 3 nitrogen and oxygen atoms in total. The number of ketones is 1. The van der Waals surface area contributed by atoms with Crippen molar-refractivity contribution in [2.45, 2.75) is 19.8 Å². The van der Waals surface area contributed by atoms with Gasteiger partial charge in [0.05, 0.1) is 5.56 Å². The maximum absolute atomic E-state index is 13.5. The number of hydrogen-bond donors (Lipinski definition) is 0. The van der Waals surface area contributed by atoms with Crippen molar-refractivity contribution in [3.8, 4) is 0 Å². The molecule has 5 heteroatoms. The lowest BCUT2D eigenvalue weighted by atomic mass is 10.0. The number of halogens is 2. The van der Waals surface area contributed by atoms with E-state index >= 15 is 0 Å². The van der Waals surface area contributed by atoms with Crippen LogP contribution in [0, 0.1) is 11.6 Å². The van der Waals surface area contributed by atoms with E-state index in [1.54, 1.807) is 6.08 Å². The molecule has 0 N–H and O–H groups in total. The molecule has 25 heavy (non-hydrogen) atoms. The van der Waals surface area contributed by atoms with Crippen LogP contribution in [0.4, 0.5) is 8.78 Å². The molecule has 0 radical (unpaired) electrons. The van der Waals surface area contributed by atoms with Gasteiger partial charge in [-0.25, -0.2) is 13.6 Å². The molecule has 0 aliphatic heterocycles. The highest BCUT2D eigenvalue weighted by molar-refractivity contribution is 5.99. The molecule has 0 bridgehead atoms. The number of rotatable bonds is 6. The van der Waals surface area contributed by atoms with Gasteiger partial charge in [0.25, 0.3) is 0 Å². The van der Waals surface area contributed by atoms with E-state index < -0.39 is 30.0 Å². The summed E-state index contributed by atoms with van der Waals surface area (Å²) in [5.41, 5.74) is 1.69. The fourth-order valence-electron chi connectivity index (χ4n) is 2.13. The second-order valence-corrected chi connectivity index (χ2v) is 5.81. The van der Waals surface area contributed by atoms with Crippen molar-refractivity contribution in [3.63, 3.8) is 0 Å². The van der Waals surface area contributed by atoms with Gasteiger partial charge in [-0.1, -0.05) is 38.1 Å². The van der Waals surface area contributed by atoms with E-state index in [1.807, 2.05) is 24.3 Å². The summed E-state index contributed by atoms with van der Waals surface area (Å²) in [7, 11) is 0. The number of benzene rings is 2. The van der Waals surface area contributed by atoms with Gasteiger partial charge < -0.3 is 4.74 Å². The number of hydrogen-bond acceptors (Lipinski definition) is 3. The Hall–Kier alpha value is -2.82. The summed E-state index contributed by atoms with van der Waals surface area (Å²) in [6, 6.07) is 10.3. The van der Waals surface area contributed by atoms with E-state index in [9.17, 15) is 18.4 Å². The molecule has 0 fully saturated rings. The first-order chi connectivity index (χ1) is 11.9. The molecule has 0 saturated carbocycles. The number of ether oxygens (including phenoxy) is 1. The van der Waals surface area contributed by atoms with Crippen molar-refractivity contribution >= 4 is 17.8 Å². The minimum atomic E-state index is -0.984. The lowest BCUT2D eigenvalue weighted by Gasteiger charge is -2.05. The van der Waals surface area contributed by atoms with E-state index in [4.69, 9.17) is 4.74 Å². The minimum Gasteiger partial charge on any atom is -0.454 e. The third kappa shape index (κ3) is 5.35. The SMILES string of the molecule is CC(C)c1ccc(/C=C/C(=O)OCC(=O)c2ccc(F)cc2F)cc1. The topological polar surface area (TPSA) is 43.4 Å². The van der Waals surface area contributed by atoms with Crippen molar-refractivity contribution in [2.24, 2.45) is 0 Å². The van der Waals surface area contributed by atoms with Crippen molar-refractivity contribution in [3.05, 3.63) is 76.9 Å². The van der Waals surface area contributed by atoms with Crippen molar-refractivity contribution in [1.29, 1.82) is 0 Å². The van der Waals surface area contributed by atoms with Crippen LogP contribution in [0.25, 0.3) is 6.08 Å². The van der Waals surface area contributed by atoms with Gasteiger partial charge in [0.1, 0.15) is 11.6 Å². The summed E-state index contributed by atoms with van der Waals surface area (Å²) in [6.07, 6.45) is 2.76. The number of carbonyl (C=O) groups excluding carboxylic acids is 2. The molecular formula is C20H18F2O3. The summed E-state index contributed by atoms with van der Waals surface area (Å²) >= 11 is 0. The Balaban J connectivity index is 1.90. The Morgan fingerprint density at radius 3 is 2.36 bits per heavy atom. The highest BCUT2D eigenvalue weighted by Gasteiger charge is 2.14. The van der Waals surface area contributed by atoms with Crippen LogP contribution in [-0.4, -0.2) is 18.4 Å². The lowest BCUT2D eigenvalue weighted by molar-refractivity contribution is -0.136. The Labute approximate surface area is 144 Å². The maximum atomic E-state index is 13.5. The predicted octanol–water partition coefficient (Wildman–Crippen LogP) is 4.53. The molecular weight excluding hydrogens is 326 g/mol. The van der Waals surface area contributed by atoms with Crippen molar-refractivity contribution in [2.75, 3.05) is 6.61 Å². The third-order valence-corrected chi connectivity index (χ3v) is 3.59. The largest absolute Gasteiger partial charge is 0.454 e. The Morgan fingerprint density at radius 1 is 1.08 bits per heavy atom. The van der Waals surface area contributed by atoms with Gasteiger partial charge in [-0.3, -0.25) is 4.79 Å². The number of carbonyl (C=O) groups is 2. The molecule has 0 aliphatic carbocycles. The quantitative estimate of drug-likeness (QED) is 0.439. The molecule has 0 amide bonds. The van der Waals surface area contributed by atoms with Crippen LogP contribution in [-0.2, 0) is 9.53 Å². The molecule has 0 atom stereocenters. The fraction of sp³-hybridized carbons (Fsp3) is 0.200. The smallest absolute Gasteiger partial charge is 0.331 e. The van der Waals surface area contributed by atoms with Crippen LogP contribution in [0.1, 0.15) is 41.3 Å². The summed E-state index contributed by atoms with van der Waals surface area (Å²) in [6.45, 7) is 3.56. The Morgan fingerprint density at radius 2 is 1.76 bits per heavy atom. The monoisotopic (exact) mass is 344 g/mol. The minimum absolute atomic E-state index is 0.317. The van der Waals surface area contributed by atoms with E-state index in [0.29, 0.717) is 12.0 Å². The first-order valence-electron chi connectivity index (χ1n) is 7.80. The summed E-state index contributed by atoms with van der Waals surface area (Å²) in [4.78, 5) is 23.4. The van der Waals surface area contributed by atoms with E-state index in [-0.39, 0.29) is 5.56 Å². The molecule has 0 unspecified atom stereocenters. The molecule has 2 rings (SSSR count). The highest BCUT2D eigenvalue weighted by atomic mass is 19.1. The second-order valence-electron chi connectivity index (χ2n) is 5.81. The second kappa shape index (κ2) is 8.33. The first kappa shape index (κ1) is 18.5. The average Bonchev–Trinajstić information content (AvgIpc) is 2.58. The molecule has 0 saturated heterocycles. The summed E-state index contributed by atoms with van der Waals surface area (Å²) in [5.74, 6) is -2.80. The Bertz CT molecular complexity index is 793. The molecule has 2 aromatic rings. The van der Waals surface area contributed by atoms with Gasteiger partial charge in [-0.15, -0.1) is 0 Å². The molecule has 0 heterocycles. The van der Waals surface area contributed by atoms with Crippen LogP contribution < -0.4 is 0 Å². The van der Waals surface area contributed by atoms with Gasteiger partial charge in [-0.2, -0.15) is 0 Å². The lowest BCUT2D eigenvalue weighted by Crippen LogP contribution is -2.14. The van der Waals surface area contributed by atoms with Crippen LogP contribution >= 0.6 is 0 Å². The van der Waals surface area contributed by atoms with Crippen molar-refractivity contribution in [1.82, 2.24) is 0 Å². The van der Waals surface area contributed by atoms with E-state index in [2.05, 4.69) is 13.8 Å².